The van der Waals surface area contributed by atoms with Crippen molar-refractivity contribution in [3.8, 4) is 11.4 Å². The van der Waals surface area contributed by atoms with Crippen LogP contribution in [0.4, 0.5) is 5.82 Å². The molecule has 0 saturated heterocycles. The quantitative estimate of drug-likeness (QED) is 0.592. The molecule has 0 unspecified atom stereocenters. The standard InChI is InChI=1S/C16H14N6/c1-2-12-19-14(17)13-16(20-12)22-15(21-13)10-7-9-5-3-4-6-11(9)18-8-10/h3-8H,2H2,1H3,(H3,17,19,20,21,22). The molecule has 0 amide bonds. The average Bonchev–Trinajstić information content (AvgIpc) is 2.99. The van der Waals surface area contributed by atoms with Gasteiger partial charge in [-0.25, -0.2) is 15.0 Å². The Morgan fingerprint density at radius 3 is 2.86 bits per heavy atom. The summed E-state index contributed by atoms with van der Waals surface area (Å²) in [7, 11) is 0. The van der Waals surface area contributed by atoms with Gasteiger partial charge in [0.15, 0.2) is 17.0 Å². The number of para-hydroxylation sites is 1. The van der Waals surface area contributed by atoms with E-state index in [2.05, 4.69) is 24.9 Å². The number of nitrogens with two attached hydrogens (primary N) is 1. The molecule has 0 spiro atoms. The lowest BCUT2D eigenvalue weighted by atomic mass is 10.1. The van der Waals surface area contributed by atoms with Crippen molar-refractivity contribution in [1.82, 2.24) is 24.9 Å². The van der Waals surface area contributed by atoms with E-state index in [-0.39, 0.29) is 0 Å². The van der Waals surface area contributed by atoms with Crippen molar-refractivity contribution in [3.05, 3.63) is 42.4 Å². The molecule has 4 aromatic rings. The summed E-state index contributed by atoms with van der Waals surface area (Å²) in [6.45, 7) is 1.99. The predicted octanol–water partition coefficient (Wildman–Crippen LogP) is 2.71. The molecule has 0 aliphatic rings. The molecule has 22 heavy (non-hydrogen) atoms. The number of rotatable bonds is 2. The molecule has 108 valence electrons. The minimum atomic E-state index is 0.401. The fourth-order valence-electron chi connectivity index (χ4n) is 2.46. The fourth-order valence-corrected chi connectivity index (χ4v) is 2.46. The van der Waals surface area contributed by atoms with Gasteiger partial charge in [0, 0.05) is 23.6 Å². The van der Waals surface area contributed by atoms with E-state index >= 15 is 0 Å². The lowest BCUT2D eigenvalue weighted by Gasteiger charge is -1.99. The van der Waals surface area contributed by atoms with Gasteiger partial charge in [-0.05, 0) is 12.1 Å². The van der Waals surface area contributed by atoms with Gasteiger partial charge in [0.05, 0.1) is 5.52 Å². The Balaban J connectivity index is 1.90. The van der Waals surface area contributed by atoms with Gasteiger partial charge in [-0.1, -0.05) is 25.1 Å². The Kier molecular flexibility index (Phi) is 2.75. The lowest BCUT2D eigenvalue weighted by Crippen LogP contribution is -1.99. The van der Waals surface area contributed by atoms with Gasteiger partial charge in [-0.15, -0.1) is 0 Å². The highest BCUT2D eigenvalue weighted by Crippen LogP contribution is 2.24. The summed E-state index contributed by atoms with van der Waals surface area (Å²) >= 11 is 0. The maximum Gasteiger partial charge on any atom is 0.163 e. The van der Waals surface area contributed by atoms with E-state index in [9.17, 15) is 0 Å². The Hall–Kier alpha value is -3.02. The number of benzene rings is 1. The van der Waals surface area contributed by atoms with Crippen LogP contribution in [0.1, 0.15) is 12.7 Å². The number of aromatic amines is 1. The Labute approximate surface area is 126 Å². The summed E-state index contributed by atoms with van der Waals surface area (Å²) in [6, 6.07) is 10.0. The zero-order valence-corrected chi connectivity index (χ0v) is 12.0. The SMILES string of the molecule is CCc1nc(N)c2nc(-c3cnc4ccccc4c3)[nH]c2n1. The van der Waals surface area contributed by atoms with Gasteiger partial charge in [0.1, 0.15) is 11.6 Å². The molecular weight excluding hydrogens is 276 g/mol. The van der Waals surface area contributed by atoms with Crippen molar-refractivity contribution >= 4 is 27.9 Å². The molecule has 0 atom stereocenters. The zero-order chi connectivity index (χ0) is 15.1. The third kappa shape index (κ3) is 1.96. The van der Waals surface area contributed by atoms with Gasteiger partial charge >= 0.3 is 0 Å². The highest BCUT2D eigenvalue weighted by atomic mass is 15.1. The van der Waals surface area contributed by atoms with Crippen LogP contribution < -0.4 is 5.73 Å². The van der Waals surface area contributed by atoms with Gasteiger partial charge in [-0.2, -0.15) is 0 Å². The van der Waals surface area contributed by atoms with Crippen LogP contribution in [-0.2, 0) is 6.42 Å². The van der Waals surface area contributed by atoms with Gasteiger partial charge < -0.3 is 10.7 Å². The molecule has 4 rings (SSSR count). The summed E-state index contributed by atoms with van der Waals surface area (Å²) in [5, 5.41) is 1.06. The number of aryl methyl sites for hydroxylation is 1. The highest BCUT2D eigenvalue weighted by Gasteiger charge is 2.12. The predicted molar refractivity (Wildman–Crippen MR) is 86.2 cm³/mol. The van der Waals surface area contributed by atoms with Crippen LogP contribution in [0.3, 0.4) is 0 Å². The van der Waals surface area contributed by atoms with E-state index in [1.165, 1.54) is 0 Å². The lowest BCUT2D eigenvalue weighted by molar-refractivity contribution is 0.960. The molecule has 0 aliphatic carbocycles. The summed E-state index contributed by atoms with van der Waals surface area (Å²) < 4.78 is 0. The van der Waals surface area contributed by atoms with Crippen LogP contribution in [0.25, 0.3) is 33.5 Å². The topological polar surface area (TPSA) is 93.4 Å². The second-order valence-corrected chi connectivity index (χ2v) is 5.08. The second-order valence-electron chi connectivity index (χ2n) is 5.08. The molecule has 3 aromatic heterocycles. The first kappa shape index (κ1) is 12.7. The zero-order valence-electron chi connectivity index (χ0n) is 12.0. The number of imidazole rings is 1. The number of hydrogen-bond donors (Lipinski definition) is 2. The third-order valence-electron chi connectivity index (χ3n) is 3.60. The van der Waals surface area contributed by atoms with Gasteiger partial charge in [-0.3, -0.25) is 4.98 Å². The molecule has 1 aromatic carbocycles. The summed E-state index contributed by atoms with van der Waals surface area (Å²) in [5.74, 6) is 1.80. The number of nitrogen functional groups attached to an aromatic ring is 1. The fraction of sp³-hybridized carbons (Fsp3) is 0.125. The number of H-pyrrole nitrogens is 1. The second kappa shape index (κ2) is 4.77. The summed E-state index contributed by atoms with van der Waals surface area (Å²) in [4.78, 5) is 20.9. The molecule has 6 nitrogen and oxygen atoms in total. The first-order chi connectivity index (χ1) is 10.7. The molecule has 3 heterocycles. The number of anilines is 1. The van der Waals surface area contributed by atoms with Crippen molar-refractivity contribution in [2.24, 2.45) is 0 Å². The molecule has 0 bridgehead atoms. The Morgan fingerprint density at radius 2 is 2.00 bits per heavy atom. The van der Waals surface area contributed by atoms with Crippen molar-refractivity contribution in [2.45, 2.75) is 13.3 Å². The van der Waals surface area contributed by atoms with E-state index in [1.807, 2.05) is 37.3 Å². The molecule has 0 saturated carbocycles. The smallest absolute Gasteiger partial charge is 0.163 e. The minimum absolute atomic E-state index is 0.401. The highest BCUT2D eigenvalue weighted by molar-refractivity contribution is 5.87. The molecular formula is C16H14N6. The van der Waals surface area contributed by atoms with E-state index in [4.69, 9.17) is 5.73 Å². The maximum atomic E-state index is 5.97. The van der Waals surface area contributed by atoms with Crippen molar-refractivity contribution in [2.75, 3.05) is 5.73 Å². The van der Waals surface area contributed by atoms with Crippen molar-refractivity contribution in [3.63, 3.8) is 0 Å². The Morgan fingerprint density at radius 1 is 1.14 bits per heavy atom. The molecule has 6 heteroatoms. The maximum absolute atomic E-state index is 5.97. The van der Waals surface area contributed by atoms with E-state index in [0.717, 1.165) is 22.9 Å². The van der Waals surface area contributed by atoms with Crippen LogP contribution >= 0.6 is 0 Å². The first-order valence-electron chi connectivity index (χ1n) is 7.12. The van der Waals surface area contributed by atoms with Crippen LogP contribution in [0.15, 0.2) is 36.5 Å². The normalized spacial score (nSPS) is 11.3. The summed E-state index contributed by atoms with van der Waals surface area (Å²) in [5.41, 5.74) is 9.07. The first-order valence-corrected chi connectivity index (χ1v) is 7.12. The Bertz CT molecular complexity index is 988. The van der Waals surface area contributed by atoms with E-state index in [0.29, 0.717) is 28.6 Å². The molecule has 3 N–H and O–H groups in total. The number of pyridine rings is 1. The molecule has 0 aliphatic heterocycles. The number of aromatic nitrogens is 5. The molecule has 0 radical (unpaired) electrons. The van der Waals surface area contributed by atoms with Gasteiger partial charge in [0.2, 0.25) is 0 Å². The van der Waals surface area contributed by atoms with Crippen LogP contribution in [0, 0.1) is 0 Å². The average molecular weight is 290 g/mol. The minimum Gasteiger partial charge on any atom is -0.382 e. The number of fused-ring (bicyclic) bond motifs is 2. The van der Waals surface area contributed by atoms with Crippen LogP contribution in [-0.4, -0.2) is 24.9 Å². The largest absolute Gasteiger partial charge is 0.382 e. The van der Waals surface area contributed by atoms with E-state index < -0.39 is 0 Å². The number of hydrogen-bond acceptors (Lipinski definition) is 5. The van der Waals surface area contributed by atoms with E-state index in [1.54, 1.807) is 6.20 Å². The van der Waals surface area contributed by atoms with Crippen molar-refractivity contribution < 1.29 is 0 Å². The van der Waals surface area contributed by atoms with Gasteiger partial charge in [0.25, 0.3) is 0 Å². The monoisotopic (exact) mass is 290 g/mol. The number of nitrogens with zero attached hydrogens (tertiary/aromatic N) is 4. The summed E-state index contributed by atoms with van der Waals surface area (Å²) in [6.07, 6.45) is 2.52. The third-order valence-corrected chi connectivity index (χ3v) is 3.60. The van der Waals surface area contributed by atoms with Crippen LogP contribution in [0.5, 0.6) is 0 Å². The van der Waals surface area contributed by atoms with Crippen molar-refractivity contribution in [1.29, 1.82) is 0 Å². The number of nitrogens with one attached hydrogen (secondary N) is 1. The molecule has 0 fully saturated rings. The van der Waals surface area contributed by atoms with Crippen LogP contribution in [0.2, 0.25) is 0 Å².